The fourth-order valence-electron chi connectivity index (χ4n) is 2.84. The molecule has 0 amide bonds. The summed E-state index contributed by atoms with van der Waals surface area (Å²) in [6, 6.07) is 8.49. The second kappa shape index (κ2) is 6.85. The molecule has 3 aromatic rings. The molecule has 0 spiro atoms. The van der Waals surface area contributed by atoms with Gasteiger partial charge in [-0.25, -0.2) is 0 Å². The van der Waals surface area contributed by atoms with Crippen LogP contribution in [-0.2, 0) is 19.4 Å². The summed E-state index contributed by atoms with van der Waals surface area (Å²) in [6.45, 7) is 0. The first-order valence-electron chi connectivity index (χ1n) is 8.02. The maximum atomic E-state index is 13.0. The lowest BCUT2D eigenvalue weighted by Crippen LogP contribution is -2.13. The van der Waals surface area contributed by atoms with E-state index in [1.54, 1.807) is 0 Å². The first-order valence-corrected chi connectivity index (χ1v) is 8.02. The van der Waals surface area contributed by atoms with E-state index in [0.717, 1.165) is 24.3 Å². The van der Waals surface area contributed by atoms with Crippen LogP contribution in [0, 0.1) is 0 Å². The molecule has 1 heterocycles. The maximum absolute atomic E-state index is 13.0. The third-order valence-electron chi connectivity index (χ3n) is 4.16. The van der Waals surface area contributed by atoms with Crippen molar-refractivity contribution in [3.05, 3.63) is 82.3 Å². The van der Waals surface area contributed by atoms with Gasteiger partial charge >= 0.3 is 12.4 Å². The zero-order chi connectivity index (χ0) is 20.7. The van der Waals surface area contributed by atoms with Crippen LogP contribution in [-0.4, -0.2) is 4.57 Å². The number of halogens is 6. The molecule has 0 fully saturated rings. The lowest BCUT2D eigenvalue weighted by molar-refractivity contribution is -0.138. The van der Waals surface area contributed by atoms with Gasteiger partial charge in [0, 0.05) is 30.6 Å². The number of benzene rings is 2. The highest BCUT2D eigenvalue weighted by Crippen LogP contribution is 2.33. The highest BCUT2D eigenvalue weighted by Gasteiger charge is 2.31. The van der Waals surface area contributed by atoms with Crippen LogP contribution < -0.4 is 5.43 Å². The molecule has 146 valence electrons. The molecule has 0 aliphatic rings. The van der Waals surface area contributed by atoms with Crippen molar-refractivity contribution in [3.63, 3.8) is 0 Å². The molecular formula is C20H13F6NO. The van der Waals surface area contributed by atoms with Gasteiger partial charge in [0.25, 0.3) is 0 Å². The molecule has 2 nitrogen and oxygen atoms in total. The first-order chi connectivity index (χ1) is 13.0. The van der Waals surface area contributed by atoms with E-state index in [1.165, 1.54) is 48.3 Å². The topological polar surface area (TPSA) is 22.0 Å². The van der Waals surface area contributed by atoms with Crippen molar-refractivity contribution >= 4 is 0 Å². The Morgan fingerprint density at radius 3 is 1.46 bits per heavy atom. The first kappa shape index (κ1) is 19.7. The zero-order valence-corrected chi connectivity index (χ0v) is 14.4. The molecule has 0 bridgehead atoms. The lowest BCUT2D eigenvalue weighted by atomic mass is 9.98. The Morgan fingerprint density at radius 2 is 1.11 bits per heavy atom. The second-order valence-electron chi connectivity index (χ2n) is 6.24. The van der Waals surface area contributed by atoms with Crippen LogP contribution in [0.2, 0.25) is 0 Å². The molecule has 1 aromatic heterocycles. The number of hydrogen-bond donors (Lipinski definition) is 0. The van der Waals surface area contributed by atoms with Crippen LogP contribution in [0.15, 0.2) is 65.7 Å². The smallest absolute Gasteiger partial charge is 0.356 e. The Bertz CT molecular complexity index is 997. The van der Waals surface area contributed by atoms with Gasteiger partial charge in [0.2, 0.25) is 0 Å². The number of alkyl halides is 6. The Hall–Kier alpha value is -3.03. The molecule has 28 heavy (non-hydrogen) atoms. The lowest BCUT2D eigenvalue weighted by Gasteiger charge is -2.12. The predicted octanol–water partition coefficient (Wildman–Crippen LogP) is 5.76. The summed E-state index contributed by atoms with van der Waals surface area (Å²) in [5, 5.41) is 0. The van der Waals surface area contributed by atoms with Crippen molar-refractivity contribution in [3.8, 4) is 22.3 Å². The van der Waals surface area contributed by atoms with E-state index in [-0.39, 0.29) is 22.3 Å². The Kier molecular flexibility index (Phi) is 4.82. The summed E-state index contributed by atoms with van der Waals surface area (Å²) >= 11 is 0. The summed E-state index contributed by atoms with van der Waals surface area (Å²) in [7, 11) is 1.54. The summed E-state index contributed by atoms with van der Waals surface area (Å²) in [6.07, 6.45) is -6.48. The number of aryl methyl sites for hydroxylation is 1. The third-order valence-corrected chi connectivity index (χ3v) is 4.16. The van der Waals surface area contributed by atoms with Crippen LogP contribution in [0.1, 0.15) is 11.1 Å². The highest BCUT2D eigenvalue weighted by atomic mass is 19.4. The molecule has 2 aromatic carbocycles. The van der Waals surface area contributed by atoms with Gasteiger partial charge in [0.15, 0.2) is 5.43 Å². The minimum atomic E-state index is -4.58. The average molecular weight is 397 g/mol. The Balaban J connectivity index is 2.19. The summed E-state index contributed by atoms with van der Waals surface area (Å²) in [5.41, 5.74) is -2.51. The molecule has 0 atom stereocenters. The average Bonchev–Trinajstić information content (AvgIpc) is 2.62. The number of hydrogen-bond acceptors (Lipinski definition) is 1. The SMILES string of the molecule is Cn1cc(-c2cccc(C(F)(F)F)c2)c(=O)c(-c2cccc(C(F)(F)F)c2)c1. The molecular weight excluding hydrogens is 384 g/mol. The minimum absolute atomic E-state index is 0.0317. The molecule has 0 saturated heterocycles. The zero-order valence-electron chi connectivity index (χ0n) is 14.4. The van der Waals surface area contributed by atoms with Gasteiger partial charge < -0.3 is 4.57 Å². The van der Waals surface area contributed by atoms with Gasteiger partial charge in [-0.15, -0.1) is 0 Å². The van der Waals surface area contributed by atoms with Crippen molar-refractivity contribution in [2.75, 3.05) is 0 Å². The van der Waals surface area contributed by atoms with E-state index in [9.17, 15) is 31.1 Å². The molecule has 0 saturated carbocycles. The fourth-order valence-corrected chi connectivity index (χ4v) is 2.84. The van der Waals surface area contributed by atoms with E-state index in [2.05, 4.69) is 0 Å². The van der Waals surface area contributed by atoms with Crippen molar-refractivity contribution in [1.82, 2.24) is 4.57 Å². The van der Waals surface area contributed by atoms with Crippen molar-refractivity contribution in [2.24, 2.45) is 7.05 Å². The van der Waals surface area contributed by atoms with E-state index in [1.807, 2.05) is 0 Å². The molecule has 0 radical (unpaired) electrons. The third kappa shape index (κ3) is 3.95. The predicted molar refractivity (Wildman–Crippen MR) is 92.6 cm³/mol. The molecule has 0 N–H and O–H groups in total. The van der Waals surface area contributed by atoms with Gasteiger partial charge in [0.1, 0.15) is 0 Å². The summed E-state index contributed by atoms with van der Waals surface area (Å²) in [4.78, 5) is 12.9. The Morgan fingerprint density at radius 1 is 0.714 bits per heavy atom. The molecule has 3 rings (SSSR count). The number of aromatic nitrogens is 1. The largest absolute Gasteiger partial charge is 0.416 e. The number of pyridine rings is 1. The number of rotatable bonds is 2. The minimum Gasteiger partial charge on any atom is -0.356 e. The van der Waals surface area contributed by atoms with Crippen molar-refractivity contribution < 1.29 is 26.3 Å². The second-order valence-corrected chi connectivity index (χ2v) is 6.24. The van der Waals surface area contributed by atoms with Crippen LogP contribution in [0.5, 0.6) is 0 Å². The maximum Gasteiger partial charge on any atom is 0.416 e. The molecule has 0 unspecified atom stereocenters. The summed E-state index contributed by atoms with van der Waals surface area (Å²) < 4.78 is 79.3. The fraction of sp³-hybridized carbons (Fsp3) is 0.150. The van der Waals surface area contributed by atoms with Gasteiger partial charge in [-0.05, 0) is 35.4 Å². The van der Waals surface area contributed by atoms with Gasteiger partial charge in [-0.1, -0.05) is 24.3 Å². The molecule has 8 heteroatoms. The monoisotopic (exact) mass is 397 g/mol. The van der Waals surface area contributed by atoms with Crippen LogP contribution in [0.25, 0.3) is 22.3 Å². The van der Waals surface area contributed by atoms with E-state index in [0.29, 0.717) is 0 Å². The standard InChI is InChI=1S/C20H13F6NO/c1-27-10-16(12-4-2-6-14(8-12)19(21,22)23)18(28)17(11-27)13-5-3-7-15(9-13)20(24,25)26/h2-11H,1H3. The van der Waals surface area contributed by atoms with Crippen molar-refractivity contribution in [2.45, 2.75) is 12.4 Å². The van der Waals surface area contributed by atoms with E-state index < -0.39 is 28.9 Å². The highest BCUT2D eigenvalue weighted by molar-refractivity contribution is 5.72. The van der Waals surface area contributed by atoms with Crippen LogP contribution in [0.4, 0.5) is 26.3 Å². The van der Waals surface area contributed by atoms with Crippen LogP contribution >= 0.6 is 0 Å². The molecule has 0 aliphatic carbocycles. The van der Waals surface area contributed by atoms with E-state index >= 15 is 0 Å². The van der Waals surface area contributed by atoms with Gasteiger partial charge in [-0.2, -0.15) is 26.3 Å². The summed E-state index contributed by atoms with van der Waals surface area (Å²) in [5.74, 6) is 0. The van der Waals surface area contributed by atoms with E-state index in [4.69, 9.17) is 0 Å². The van der Waals surface area contributed by atoms with Crippen LogP contribution in [0.3, 0.4) is 0 Å². The normalized spacial score (nSPS) is 12.2. The number of nitrogens with zero attached hydrogens (tertiary/aromatic N) is 1. The molecule has 0 aliphatic heterocycles. The Labute approximate surface area is 155 Å². The van der Waals surface area contributed by atoms with Crippen molar-refractivity contribution in [1.29, 1.82) is 0 Å². The quantitative estimate of drug-likeness (QED) is 0.504. The van der Waals surface area contributed by atoms with Gasteiger partial charge in [0.05, 0.1) is 11.1 Å². The van der Waals surface area contributed by atoms with Gasteiger partial charge in [-0.3, -0.25) is 4.79 Å².